The molecule has 2 fully saturated rings. The molecule has 0 spiro atoms. The number of aromatic nitrogens is 4. The molecule has 6 rings (SSSR count). The first kappa shape index (κ1) is 22.9. The number of benzene rings is 1. The van der Waals surface area contributed by atoms with E-state index in [0.717, 1.165) is 22.9 Å². The van der Waals surface area contributed by atoms with Crippen molar-refractivity contribution in [2.24, 2.45) is 5.92 Å². The van der Waals surface area contributed by atoms with Crippen molar-refractivity contribution in [1.82, 2.24) is 24.4 Å². The van der Waals surface area contributed by atoms with Gasteiger partial charge < -0.3 is 25.6 Å². The first-order valence-electron chi connectivity index (χ1n) is 11.8. The molecule has 0 radical (unpaired) electrons. The molecule has 3 aromatic heterocycles. The van der Waals surface area contributed by atoms with Crippen molar-refractivity contribution in [1.29, 1.82) is 0 Å². The number of aliphatic hydroxyl groups is 1. The summed E-state index contributed by atoms with van der Waals surface area (Å²) in [5, 5.41) is 14.3. The molecule has 1 aromatic carbocycles. The zero-order valence-electron chi connectivity index (χ0n) is 19.4. The van der Waals surface area contributed by atoms with Crippen molar-refractivity contribution in [3.8, 4) is 0 Å². The third kappa shape index (κ3) is 3.79. The second kappa shape index (κ2) is 8.52. The number of pyridine rings is 1. The first-order chi connectivity index (χ1) is 17.3. The Balaban J connectivity index is 1.33. The van der Waals surface area contributed by atoms with Gasteiger partial charge >= 0.3 is 0 Å². The highest BCUT2D eigenvalue weighted by Gasteiger charge is 2.56. The molecule has 1 aliphatic carbocycles. The number of halogens is 1. The molecule has 4 heterocycles. The molecule has 2 aliphatic rings. The number of nitrogens with one attached hydrogen (secondary N) is 1. The number of piperidine rings is 1. The van der Waals surface area contributed by atoms with Crippen LogP contribution in [0.4, 0.5) is 11.6 Å². The van der Waals surface area contributed by atoms with Gasteiger partial charge in [-0.2, -0.15) is 0 Å². The van der Waals surface area contributed by atoms with Crippen molar-refractivity contribution < 1.29 is 14.7 Å². The van der Waals surface area contributed by atoms with Crippen molar-refractivity contribution in [2.75, 3.05) is 11.1 Å². The number of fused-ring (bicyclic) bond motifs is 4. The molecule has 4 atom stereocenters. The highest BCUT2D eigenvalue weighted by Crippen LogP contribution is 2.48. The predicted molar refractivity (Wildman–Crippen MR) is 138 cm³/mol. The number of hydrogen-bond donors (Lipinski definition) is 3. The van der Waals surface area contributed by atoms with Gasteiger partial charge in [0.05, 0.1) is 17.0 Å². The minimum absolute atomic E-state index is 0.00656. The molecule has 2 amide bonds. The summed E-state index contributed by atoms with van der Waals surface area (Å²) in [5.41, 5.74) is 8.24. The summed E-state index contributed by atoms with van der Waals surface area (Å²) in [6.07, 6.45) is 2.26. The fourth-order valence-electron chi connectivity index (χ4n) is 5.33. The smallest absolute Gasteiger partial charge is 0.248 e. The Bertz CT molecular complexity index is 1540. The normalized spacial score (nSPS) is 21.5. The molecular weight excluding hydrogens is 526 g/mol. The molecule has 4 N–H and O–H groups in total. The average molecular weight is 550 g/mol. The van der Waals surface area contributed by atoms with E-state index in [-0.39, 0.29) is 24.4 Å². The van der Waals surface area contributed by atoms with Crippen LogP contribution in [0.15, 0.2) is 47.3 Å². The van der Waals surface area contributed by atoms with Crippen molar-refractivity contribution in [2.45, 2.75) is 44.5 Å². The van der Waals surface area contributed by atoms with Crippen molar-refractivity contribution >= 4 is 61.3 Å². The third-order valence-electron chi connectivity index (χ3n) is 7.13. The number of aliphatic hydroxyl groups excluding tert-OH is 1. The second-order valence-electron chi connectivity index (χ2n) is 9.45. The fourth-order valence-corrected chi connectivity index (χ4v) is 5.67. The van der Waals surface area contributed by atoms with Gasteiger partial charge in [0.1, 0.15) is 40.8 Å². The van der Waals surface area contributed by atoms with Gasteiger partial charge in [0, 0.05) is 11.4 Å². The standard InChI is InChI=1S/C25H24BrN7O3/c1-12(34)13-5-6-16-15(7-13)22-23(27)28-11-29-24(22)32(16)10-21(35)33-17-8-14(17)9-18(33)25(36)31-20-4-2-3-19(26)30-20/h2-7,11-12,14,17-18,34H,8-10H2,1H3,(H2,27,28,29)(H,30,31,36)/t12?,14-,17+,18?/m1/s1. The Kier molecular flexibility index (Phi) is 5.41. The Morgan fingerprint density at radius 2 is 2.08 bits per heavy atom. The van der Waals surface area contributed by atoms with E-state index in [1.165, 1.54) is 6.33 Å². The largest absolute Gasteiger partial charge is 0.389 e. The number of carbonyl (C=O) groups is 2. The number of nitrogens with zero attached hydrogens (tertiary/aromatic N) is 5. The SMILES string of the molecule is CC(O)c1ccc2c(c1)c1c(N)ncnc1n2CC(=O)N1C(C(=O)Nc2cccc(Br)n2)C[C@H]2C[C@@H]21. The van der Waals surface area contributed by atoms with Crippen LogP contribution >= 0.6 is 15.9 Å². The number of nitrogen functional groups attached to an aromatic ring is 1. The Morgan fingerprint density at radius 1 is 1.25 bits per heavy atom. The Morgan fingerprint density at radius 3 is 2.86 bits per heavy atom. The minimum Gasteiger partial charge on any atom is -0.389 e. The summed E-state index contributed by atoms with van der Waals surface area (Å²) >= 11 is 3.31. The van der Waals surface area contributed by atoms with Crippen LogP contribution < -0.4 is 11.1 Å². The van der Waals surface area contributed by atoms with Crippen LogP contribution in [0.2, 0.25) is 0 Å². The van der Waals surface area contributed by atoms with Crippen LogP contribution in [0.5, 0.6) is 0 Å². The van der Waals surface area contributed by atoms with Crippen LogP contribution in [-0.4, -0.2) is 53.4 Å². The third-order valence-corrected chi connectivity index (χ3v) is 7.57. The molecule has 11 heteroatoms. The molecule has 0 bridgehead atoms. The van der Waals surface area contributed by atoms with Crippen molar-refractivity contribution in [3.05, 3.63) is 52.9 Å². The van der Waals surface area contributed by atoms with Crippen LogP contribution in [0, 0.1) is 5.92 Å². The molecule has 10 nitrogen and oxygen atoms in total. The van der Waals surface area contributed by atoms with E-state index in [0.29, 0.717) is 39.6 Å². The topological polar surface area (TPSA) is 139 Å². The number of rotatable bonds is 5. The molecular formula is C25H24BrN7O3. The van der Waals surface area contributed by atoms with Gasteiger partial charge in [-0.25, -0.2) is 15.0 Å². The van der Waals surface area contributed by atoms with E-state index in [1.54, 1.807) is 30.0 Å². The van der Waals surface area contributed by atoms with Gasteiger partial charge in [-0.3, -0.25) is 9.59 Å². The summed E-state index contributed by atoms with van der Waals surface area (Å²) in [6.45, 7) is 1.70. The van der Waals surface area contributed by atoms with Gasteiger partial charge in [-0.15, -0.1) is 0 Å². The van der Waals surface area contributed by atoms with Crippen LogP contribution in [0.3, 0.4) is 0 Å². The minimum atomic E-state index is -0.657. The molecule has 4 aromatic rings. The van der Waals surface area contributed by atoms with E-state index in [2.05, 4.69) is 36.2 Å². The van der Waals surface area contributed by atoms with E-state index in [9.17, 15) is 14.7 Å². The van der Waals surface area contributed by atoms with Crippen molar-refractivity contribution in [3.63, 3.8) is 0 Å². The number of likely N-dealkylation sites (tertiary alicyclic amines) is 1. The van der Waals surface area contributed by atoms with E-state index >= 15 is 0 Å². The number of carbonyl (C=O) groups excluding carboxylic acids is 2. The maximum Gasteiger partial charge on any atom is 0.248 e. The highest BCUT2D eigenvalue weighted by atomic mass is 79.9. The molecule has 36 heavy (non-hydrogen) atoms. The van der Waals surface area contributed by atoms with Gasteiger partial charge in [0.25, 0.3) is 0 Å². The summed E-state index contributed by atoms with van der Waals surface area (Å²) < 4.78 is 2.44. The summed E-state index contributed by atoms with van der Waals surface area (Å²) in [4.78, 5) is 41.4. The number of anilines is 2. The van der Waals surface area contributed by atoms with Crippen LogP contribution in [0.25, 0.3) is 21.9 Å². The fraction of sp³-hybridized carbons (Fsp3) is 0.320. The summed E-state index contributed by atoms with van der Waals surface area (Å²) in [6, 6.07) is 10.3. The number of hydrogen-bond acceptors (Lipinski definition) is 7. The lowest BCUT2D eigenvalue weighted by Crippen LogP contribution is -2.46. The molecule has 1 aliphatic heterocycles. The van der Waals surface area contributed by atoms with E-state index in [1.807, 2.05) is 22.8 Å². The zero-order valence-corrected chi connectivity index (χ0v) is 21.0. The maximum absolute atomic E-state index is 13.7. The number of amides is 2. The first-order valence-corrected chi connectivity index (χ1v) is 12.6. The predicted octanol–water partition coefficient (Wildman–Crippen LogP) is 3.01. The Labute approximate surface area is 214 Å². The van der Waals surface area contributed by atoms with Gasteiger partial charge in [0.15, 0.2) is 0 Å². The molecule has 2 unspecified atom stereocenters. The van der Waals surface area contributed by atoms with E-state index < -0.39 is 12.1 Å². The highest BCUT2D eigenvalue weighted by molar-refractivity contribution is 9.10. The quantitative estimate of drug-likeness (QED) is 0.325. The van der Waals surface area contributed by atoms with Gasteiger partial charge in [0.2, 0.25) is 11.8 Å². The molecule has 1 saturated carbocycles. The number of nitrogens with two attached hydrogens (primary N) is 1. The average Bonchev–Trinajstić information content (AvgIpc) is 3.39. The van der Waals surface area contributed by atoms with E-state index in [4.69, 9.17) is 5.73 Å². The molecule has 1 saturated heterocycles. The Hall–Kier alpha value is -3.57. The lowest BCUT2D eigenvalue weighted by Gasteiger charge is -2.27. The van der Waals surface area contributed by atoms with Gasteiger partial charge in [-0.05, 0) is 71.4 Å². The van der Waals surface area contributed by atoms with Gasteiger partial charge in [-0.1, -0.05) is 12.1 Å². The second-order valence-corrected chi connectivity index (χ2v) is 10.3. The van der Waals surface area contributed by atoms with Crippen LogP contribution in [-0.2, 0) is 16.1 Å². The lowest BCUT2D eigenvalue weighted by molar-refractivity contribution is -0.138. The lowest BCUT2D eigenvalue weighted by atomic mass is 10.1. The monoisotopic (exact) mass is 549 g/mol. The summed E-state index contributed by atoms with van der Waals surface area (Å²) in [7, 11) is 0. The molecule has 184 valence electrons. The zero-order chi connectivity index (χ0) is 25.1. The van der Waals surface area contributed by atoms with Crippen LogP contribution in [0.1, 0.15) is 31.4 Å². The maximum atomic E-state index is 13.7. The summed E-state index contributed by atoms with van der Waals surface area (Å²) in [5.74, 6) is 0.686.